The van der Waals surface area contributed by atoms with Crippen LogP contribution in [0.5, 0.6) is 0 Å². The molecule has 20 heavy (non-hydrogen) atoms. The Balaban J connectivity index is 2.16. The smallest absolute Gasteiger partial charge is 0.287 e. The lowest BCUT2D eigenvalue weighted by Crippen LogP contribution is -2.23. The number of hydrogen-bond donors (Lipinski definition) is 1. The van der Waals surface area contributed by atoms with E-state index in [2.05, 4.69) is 36.9 Å². The molecule has 0 aliphatic carbocycles. The molecule has 0 amide bonds. The van der Waals surface area contributed by atoms with E-state index in [-0.39, 0.29) is 10.6 Å². The van der Waals surface area contributed by atoms with E-state index in [1.54, 1.807) is 23.6 Å². The van der Waals surface area contributed by atoms with Crippen LogP contribution in [0.2, 0.25) is 5.02 Å². The Hall–Kier alpha value is -1.59. The minimum atomic E-state index is -0.310. The summed E-state index contributed by atoms with van der Waals surface area (Å²) in [5.74, 6) is 0. The lowest BCUT2D eigenvalue weighted by molar-refractivity contribution is 0.653. The minimum absolute atomic E-state index is 0.159. The third-order valence-electron chi connectivity index (χ3n) is 2.96. The molecule has 1 N–H and O–H groups in total. The first kappa shape index (κ1) is 14.8. The maximum absolute atomic E-state index is 11.9. The summed E-state index contributed by atoms with van der Waals surface area (Å²) in [7, 11) is 0. The molecule has 0 aliphatic heterocycles. The van der Waals surface area contributed by atoms with E-state index in [1.807, 2.05) is 0 Å². The second-order valence-corrected chi connectivity index (χ2v) is 6.17. The number of aryl methyl sites for hydroxylation is 2. The predicted octanol–water partition coefficient (Wildman–Crippen LogP) is 3.37. The summed E-state index contributed by atoms with van der Waals surface area (Å²) in [6.45, 7) is 8.73. The van der Waals surface area contributed by atoms with Gasteiger partial charge in [-0.1, -0.05) is 17.7 Å². The van der Waals surface area contributed by atoms with Gasteiger partial charge in [0.05, 0.1) is 18.4 Å². The summed E-state index contributed by atoms with van der Waals surface area (Å²) in [5.41, 5.74) is 1.52. The summed E-state index contributed by atoms with van der Waals surface area (Å²) >= 11 is 7.80. The van der Waals surface area contributed by atoms with E-state index in [0.717, 1.165) is 0 Å². The standard InChI is InChI=1S/C14H16ClN3OS/c1-4-5-18-14(19)13(15)12(8-17-18)16-7-11-6-9(2)10(3)20-11/h4,6,8,16H,1,5,7H2,2-3H3. The molecule has 0 fully saturated rings. The average molecular weight is 310 g/mol. The molecule has 0 aliphatic rings. The van der Waals surface area contributed by atoms with Crippen LogP contribution in [0, 0.1) is 13.8 Å². The topological polar surface area (TPSA) is 46.9 Å². The second-order valence-electron chi connectivity index (χ2n) is 4.45. The van der Waals surface area contributed by atoms with Crippen LogP contribution in [0.3, 0.4) is 0 Å². The number of hydrogen-bond acceptors (Lipinski definition) is 4. The maximum Gasteiger partial charge on any atom is 0.287 e. The van der Waals surface area contributed by atoms with Gasteiger partial charge in [-0.3, -0.25) is 4.79 Å². The van der Waals surface area contributed by atoms with Crippen molar-refractivity contribution in [2.75, 3.05) is 5.32 Å². The zero-order chi connectivity index (χ0) is 14.7. The first-order valence-electron chi connectivity index (χ1n) is 6.19. The van der Waals surface area contributed by atoms with Crippen LogP contribution in [0.25, 0.3) is 0 Å². The van der Waals surface area contributed by atoms with Gasteiger partial charge in [0.1, 0.15) is 5.02 Å². The van der Waals surface area contributed by atoms with Crippen molar-refractivity contribution in [3.63, 3.8) is 0 Å². The third-order valence-corrected chi connectivity index (χ3v) is 4.47. The molecule has 2 rings (SSSR count). The lowest BCUT2D eigenvalue weighted by atomic mass is 10.3. The Bertz CT molecular complexity index is 671. The van der Waals surface area contributed by atoms with E-state index in [4.69, 9.17) is 11.6 Å². The molecule has 2 aromatic heterocycles. The fourth-order valence-electron chi connectivity index (χ4n) is 1.76. The highest BCUT2D eigenvalue weighted by Gasteiger charge is 2.09. The van der Waals surface area contributed by atoms with Gasteiger partial charge in [-0.05, 0) is 25.5 Å². The van der Waals surface area contributed by atoms with E-state index in [0.29, 0.717) is 18.8 Å². The Labute approximate surface area is 126 Å². The molecule has 0 spiro atoms. The van der Waals surface area contributed by atoms with E-state index < -0.39 is 0 Å². The zero-order valence-corrected chi connectivity index (χ0v) is 13.0. The van der Waals surface area contributed by atoms with Crippen molar-refractivity contribution < 1.29 is 0 Å². The molecular formula is C14H16ClN3OS. The molecule has 0 saturated heterocycles. The maximum atomic E-state index is 11.9. The van der Waals surface area contributed by atoms with Crippen molar-refractivity contribution in [2.24, 2.45) is 0 Å². The van der Waals surface area contributed by atoms with Crippen LogP contribution < -0.4 is 10.9 Å². The molecule has 2 aromatic rings. The van der Waals surface area contributed by atoms with Crippen LogP contribution in [0.4, 0.5) is 5.69 Å². The highest BCUT2D eigenvalue weighted by molar-refractivity contribution is 7.12. The van der Waals surface area contributed by atoms with Crippen LogP contribution in [-0.4, -0.2) is 9.78 Å². The number of halogens is 1. The number of anilines is 1. The van der Waals surface area contributed by atoms with Gasteiger partial charge in [-0.15, -0.1) is 17.9 Å². The number of aromatic nitrogens is 2. The Morgan fingerprint density at radius 2 is 2.30 bits per heavy atom. The number of nitrogens with one attached hydrogen (secondary N) is 1. The molecule has 106 valence electrons. The van der Waals surface area contributed by atoms with Crippen molar-refractivity contribution in [3.05, 3.63) is 55.6 Å². The molecule has 4 nitrogen and oxygen atoms in total. The largest absolute Gasteiger partial charge is 0.377 e. The van der Waals surface area contributed by atoms with Gasteiger partial charge in [0.25, 0.3) is 5.56 Å². The van der Waals surface area contributed by atoms with Gasteiger partial charge >= 0.3 is 0 Å². The fourth-order valence-corrected chi connectivity index (χ4v) is 2.97. The minimum Gasteiger partial charge on any atom is -0.377 e. The molecule has 2 heterocycles. The van der Waals surface area contributed by atoms with Gasteiger partial charge in [-0.25, -0.2) is 4.68 Å². The van der Waals surface area contributed by atoms with E-state index >= 15 is 0 Å². The monoisotopic (exact) mass is 309 g/mol. The number of allylic oxidation sites excluding steroid dienone is 1. The van der Waals surface area contributed by atoms with Gasteiger partial charge in [0, 0.05) is 16.3 Å². The molecule has 0 unspecified atom stereocenters. The van der Waals surface area contributed by atoms with Crippen molar-refractivity contribution in [3.8, 4) is 0 Å². The first-order valence-corrected chi connectivity index (χ1v) is 7.38. The quantitative estimate of drug-likeness (QED) is 0.861. The van der Waals surface area contributed by atoms with Gasteiger partial charge in [0.2, 0.25) is 0 Å². The van der Waals surface area contributed by atoms with Crippen molar-refractivity contribution >= 4 is 28.6 Å². The normalized spacial score (nSPS) is 10.6. The first-order chi connectivity index (χ1) is 9.52. The second kappa shape index (κ2) is 6.24. The van der Waals surface area contributed by atoms with Gasteiger partial charge < -0.3 is 5.32 Å². The summed E-state index contributed by atoms with van der Waals surface area (Å²) < 4.78 is 1.28. The zero-order valence-electron chi connectivity index (χ0n) is 11.4. The summed E-state index contributed by atoms with van der Waals surface area (Å²) in [6.07, 6.45) is 3.18. The molecular weight excluding hydrogens is 294 g/mol. The van der Waals surface area contributed by atoms with Crippen LogP contribution in [0.15, 0.2) is 29.7 Å². The molecule has 6 heteroatoms. The van der Waals surface area contributed by atoms with Crippen LogP contribution in [0.1, 0.15) is 15.3 Å². The summed E-state index contributed by atoms with van der Waals surface area (Å²) in [4.78, 5) is 14.4. The lowest BCUT2D eigenvalue weighted by Gasteiger charge is -2.08. The molecule has 0 bridgehead atoms. The Morgan fingerprint density at radius 3 is 2.90 bits per heavy atom. The van der Waals surface area contributed by atoms with E-state index in [1.165, 1.54) is 20.0 Å². The molecule has 0 saturated carbocycles. The molecule has 0 atom stereocenters. The number of rotatable bonds is 5. The predicted molar refractivity (Wildman–Crippen MR) is 84.8 cm³/mol. The molecule has 0 radical (unpaired) electrons. The Kier molecular flexibility index (Phi) is 4.62. The summed E-state index contributed by atoms with van der Waals surface area (Å²) in [6, 6.07) is 2.13. The van der Waals surface area contributed by atoms with Crippen molar-refractivity contribution in [1.82, 2.24) is 9.78 Å². The Morgan fingerprint density at radius 1 is 1.55 bits per heavy atom. The van der Waals surface area contributed by atoms with Crippen LogP contribution in [-0.2, 0) is 13.1 Å². The van der Waals surface area contributed by atoms with E-state index in [9.17, 15) is 4.79 Å². The summed E-state index contributed by atoms with van der Waals surface area (Å²) in [5, 5.41) is 7.37. The highest BCUT2D eigenvalue weighted by Crippen LogP contribution is 2.22. The fraction of sp³-hybridized carbons (Fsp3) is 0.286. The highest BCUT2D eigenvalue weighted by atomic mass is 35.5. The number of thiophene rings is 1. The van der Waals surface area contributed by atoms with Crippen molar-refractivity contribution in [2.45, 2.75) is 26.9 Å². The van der Waals surface area contributed by atoms with Gasteiger partial charge in [0.15, 0.2) is 0 Å². The van der Waals surface area contributed by atoms with Crippen molar-refractivity contribution in [1.29, 1.82) is 0 Å². The van der Waals surface area contributed by atoms with Gasteiger partial charge in [-0.2, -0.15) is 5.10 Å². The average Bonchev–Trinajstić information content (AvgIpc) is 2.74. The van der Waals surface area contributed by atoms with Crippen LogP contribution >= 0.6 is 22.9 Å². The molecule has 0 aromatic carbocycles. The third kappa shape index (κ3) is 3.11. The SMILES string of the molecule is C=CCn1ncc(NCc2cc(C)c(C)s2)c(Cl)c1=O. The number of nitrogens with zero attached hydrogens (tertiary/aromatic N) is 2.